The van der Waals surface area contributed by atoms with Crippen LogP contribution in [-0.2, 0) is 0 Å². The van der Waals surface area contributed by atoms with Gasteiger partial charge in [-0.25, -0.2) is 9.97 Å². The number of hydrogen-bond acceptors (Lipinski definition) is 3. The molecule has 13 rings (SSSR count). The van der Waals surface area contributed by atoms with Crippen molar-refractivity contribution in [1.82, 2.24) is 19.1 Å². The van der Waals surface area contributed by atoms with E-state index < -0.39 is 0 Å². The Labute approximate surface area is 350 Å². The van der Waals surface area contributed by atoms with Crippen molar-refractivity contribution in [3.05, 3.63) is 206 Å². The molecule has 284 valence electrons. The van der Waals surface area contributed by atoms with Gasteiger partial charge in [0.2, 0.25) is 0 Å². The highest BCUT2D eigenvalue weighted by atomic mass is 16.3. The third-order valence-corrected chi connectivity index (χ3v) is 12.3. The SMILES string of the molecule is c1ccc(-c2ccc3c(c2)oc2c(-c4ccc5c(c4)c4ccccc4n5-c4ccccc4)nc(-c4ccc(-n5c6ccccc6c6c7ccccc7ccc65)cc4)nc23)cc1. The Bertz CT molecular complexity index is 3860. The highest BCUT2D eigenvalue weighted by Gasteiger charge is 2.21. The first-order valence-corrected chi connectivity index (χ1v) is 20.7. The van der Waals surface area contributed by atoms with Crippen molar-refractivity contribution in [2.24, 2.45) is 0 Å². The molecular formula is C56H34N4O. The lowest BCUT2D eigenvalue weighted by molar-refractivity contribution is 0.667. The van der Waals surface area contributed by atoms with E-state index in [1.807, 2.05) is 6.07 Å². The summed E-state index contributed by atoms with van der Waals surface area (Å²) >= 11 is 0. The molecule has 0 unspecified atom stereocenters. The first kappa shape index (κ1) is 33.7. The molecule has 9 aromatic carbocycles. The third kappa shape index (κ3) is 5.14. The van der Waals surface area contributed by atoms with Gasteiger partial charge in [0.15, 0.2) is 11.4 Å². The minimum atomic E-state index is 0.643. The first-order chi connectivity index (χ1) is 30.2. The van der Waals surface area contributed by atoms with Crippen LogP contribution in [0.2, 0.25) is 0 Å². The summed E-state index contributed by atoms with van der Waals surface area (Å²) in [6.07, 6.45) is 0. The Morgan fingerprint density at radius 3 is 1.79 bits per heavy atom. The van der Waals surface area contributed by atoms with Crippen LogP contribution in [0.15, 0.2) is 211 Å². The van der Waals surface area contributed by atoms with Crippen LogP contribution < -0.4 is 0 Å². The fourth-order valence-electron chi connectivity index (χ4n) is 9.53. The van der Waals surface area contributed by atoms with Gasteiger partial charge in [-0.15, -0.1) is 0 Å². The normalized spacial score (nSPS) is 11.9. The van der Waals surface area contributed by atoms with Crippen LogP contribution in [0, 0.1) is 0 Å². The molecular weight excluding hydrogens is 745 g/mol. The maximum Gasteiger partial charge on any atom is 0.180 e. The predicted octanol–water partition coefficient (Wildman–Crippen LogP) is 14.7. The fraction of sp³-hybridized carbons (Fsp3) is 0. The minimum Gasteiger partial charge on any atom is -0.452 e. The molecule has 61 heavy (non-hydrogen) atoms. The van der Waals surface area contributed by atoms with Crippen molar-refractivity contribution in [2.75, 3.05) is 0 Å². The maximum absolute atomic E-state index is 6.81. The molecule has 0 bridgehead atoms. The molecule has 0 aliphatic heterocycles. The average Bonchev–Trinajstić information content (AvgIpc) is 3.99. The van der Waals surface area contributed by atoms with Crippen molar-refractivity contribution in [3.8, 4) is 45.1 Å². The average molecular weight is 779 g/mol. The smallest absolute Gasteiger partial charge is 0.180 e. The van der Waals surface area contributed by atoms with Crippen molar-refractivity contribution in [1.29, 1.82) is 0 Å². The lowest BCUT2D eigenvalue weighted by Crippen LogP contribution is -1.96. The van der Waals surface area contributed by atoms with Crippen LogP contribution in [0.1, 0.15) is 0 Å². The third-order valence-electron chi connectivity index (χ3n) is 12.3. The Balaban J connectivity index is 1.01. The second-order valence-corrected chi connectivity index (χ2v) is 15.8. The molecule has 0 radical (unpaired) electrons. The largest absolute Gasteiger partial charge is 0.452 e. The Morgan fingerprint density at radius 1 is 0.361 bits per heavy atom. The molecule has 0 fully saturated rings. The van der Waals surface area contributed by atoms with E-state index >= 15 is 0 Å². The highest BCUT2D eigenvalue weighted by Crippen LogP contribution is 2.41. The molecule has 0 aliphatic rings. The molecule has 0 amide bonds. The molecule has 4 heterocycles. The standard InChI is InChI=1S/C56H34N4O/c1-3-13-35(14-4-1)38-25-30-45-51(34-38)61-55-53(39-27-31-49-46(33-39)43-19-9-11-21-47(43)59(49)40-16-5-2-6-17-40)57-56(58-54(45)55)37-23-28-41(29-24-37)60-48-22-12-10-20-44(48)52-42-18-8-7-15-36(42)26-32-50(52)60/h1-34H. The zero-order valence-electron chi connectivity index (χ0n) is 32.8. The van der Waals surface area contributed by atoms with Gasteiger partial charge in [0.25, 0.3) is 0 Å². The Hall–Kier alpha value is -8.28. The van der Waals surface area contributed by atoms with E-state index in [-0.39, 0.29) is 0 Å². The zero-order chi connectivity index (χ0) is 40.0. The minimum absolute atomic E-state index is 0.643. The molecule has 13 aromatic rings. The van der Waals surface area contributed by atoms with Gasteiger partial charge in [0.1, 0.15) is 16.8 Å². The summed E-state index contributed by atoms with van der Waals surface area (Å²) in [7, 11) is 0. The monoisotopic (exact) mass is 778 g/mol. The van der Waals surface area contributed by atoms with Gasteiger partial charge in [-0.2, -0.15) is 0 Å². The second-order valence-electron chi connectivity index (χ2n) is 15.8. The van der Waals surface area contributed by atoms with Gasteiger partial charge in [0.05, 0.1) is 22.1 Å². The van der Waals surface area contributed by atoms with Crippen LogP contribution in [0.5, 0.6) is 0 Å². The molecule has 0 atom stereocenters. The number of nitrogens with zero attached hydrogens (tertiary/aromatic N) is 4. The first-order valence-electron chi connectivity index (χ1n) is 20.7. The van der Waals surface area contributed by atoms with E-state index in [0.29, 0.717) is 11.4 Å². The summed E-state index contributed by atoms with van der Waals surface area (Å²) in [5, 5.41) is 8.28. The lowest BCUT2D eigenvalue weighted by atomic mass is 10.0. The van der Waals surface area contributed by atoms with Crippen molar-refractivity contribution >= 4 is 76.5 Å². The molecule has 5 nitrogen and oxygen atoms in total. The summed E-state index contributed by atoms with van der Waals surface area (Å²) in [5.74, 6) is 0.643. The van der Waals surface area contributed by atoms with Gasteiger partial charge in [-0.3, -0.25) is 0 Å². The molecule has 5 heteroatoms. The molecule has 4 aromatic heterocycles. The van der Waals surface area contributed by atoms with Crippen LogP contribution in [0.4, 0.5) is 0 Å². The number of benzene rings is 9. The van der Waals surface area contributed by atoms with E-state index in [1.54, 1.807) is 0 Å². The molecule has 0 spiro atoms. The molecule has 0 saturated heterocycles. The lowest BCUT2D eigenvalue weighted by Gasteiger charge is -2.11. The number of rotatable bonds is 5. The molecule has 0 N–H and O–H groups in total. The number of para-hydroxylation sites is 3. The Morgan fingerprint density at radius 2 is 0.967 bits per heavy atom. The van der Waals surface area contributed by atoms with E-state index in [9.17, 15) is 0 Å². The van der Waals surface area contributed by atoms with Crippen molar-refractivity contribution < 1.29 is 4.42 Å². The summed E-state index contributed by atoms with van der Waals surface area (Å²) in [6.45, 7) is 0. The molecule has 0 saturated carbocycles. The van der Waals surface area contributed by atoms with Crippen LogP contribution in [-0.4, -0.2) is 19.1 Å². The van der Waals surface area contributed by atoms with Crippen LogP contribution in [0.25, 0.3) is 122 Å². The maximum atomic E-state index is 6.81. The number of hydrogen-bond donors (Lipinski definition) is 0. The van der Waals surface area contributed by atoms with Gasteiger partial charge in [0, 0.05) is 49.4 Å². The fourth-order valence-corrected chi connectivity index (χ4v) is 9.53. The number of furan rings is 1. The summed E-state index contributed by atoms with van der Waals surface area (Å²) < 4.78 is 11.5. The van der Waals surface area contributed by atoms with E-state index in [2.05, 4.69) is 209 Å². The van der Waals surface area contributed by atoms with Crippen molar-refractivity contribution in [3.63, 3.8) is 0 Å². The van der Waals surface area contributed by atoms with Gasteiger partial charge in [-0.1, -0.05) is 127 Å². The van der Waals surface area contributed by atoms with Gasteiger partial charge in [-0.05, 0) is 101 Å². The predicted molar refractivity (Wildman–Crippen MR) is 252 cm³/mol. The van der Waals surface area contributed by atoms with Gasteiger partial charge >= 0.3 is 0 Å². The van der Waals surface area contributed by atoms with Crippen molar-refractivity contribution in [2.45, 2.75) is 0 Å². The summed E-state index contributed by atoms with van der Waals surface area (Å²) in [6, 6.07) is 73.1. The zero-order valence-corrected chi connectivity index (χ0v) is 32.8. The van der Waals surface area contributed by atoms with Gasteiger partial charge < -0.3 is 13.6 Å². The Kier molecular flexibility index (Phi) is 7.24. The van der Waals surface area contributed by atoms with E-state index in [0.717, 1.165) is 72.2 Å². The number of fused-ring (bicyclic) bond motifs is 11. The van der Waals surface area contributed by atoms with Crippen LogP contribution >= 0.6 is 0 Å². The topological polar surface area (TPSA) is 48.8 Å². The second kappa shape index (κ2) is 13.1. The highest BCUT2D eigenvalue weighted by molar-refractivity contribution is 6.21. The molecule has 0 aliphatic carbocycles. The van der Waals surface area contributed by atoms with E-state index in [1.165, 1.54) is 38.0 Å². The van der Waals surface area contributed by atoms with Crippen LogP contribution in [0.3, 0.4) is 0 Å². The van der Waals surface area contributed by atoms with E-state index in [4.69, 9.17) is 14.4 Å². The quantitative estimate of drug-likeness (QED) is 0.175. The summed E-state index contributed by atoms with van der Waals surface area (Å²) in [5.41, 5.74) is 13.9. The summed E-state index contributed by atoms with van der Waals surface area (Å²) in [4.78, 5) is 10.7. The number of aromatic nitrogens is 4.